The predicted octanol–water partition coefficient (Wildman–Crippen LogP) is 2.70. The van der Waals surface area contributed by atoms with Crippen LogP contribution in [0.25, 0.3) is 0 Å². The number of piperidine rings is 1. The molecule has 0 bridgehead atoms. The lowest BCUT2D eigenvalue weighted by Gasteiger charge is -2.41. The molecule has 1 fully saturated rings. The maximum absolute atomic E-state index is 12.0. The van der Waals surface area contributed by atoms with E-state index in [1.54, 1.807) is 7.05 Å². The number of rotatable bonds is 2. The van der Waals surface area contributed by atoms with Crippen LogP contribution in [0.2, 0.25) is 0 Å². The van der Waals surface area contributed by atoms with Crippen LogP contribution in [0.15, 0.2) is 0 Å². The van der Waals surface area contributed by atoms with E-state index in [-0.39, 0.29) is 17.4 Å². The number of nitrogens with zero attached hydrogens (tertiary/aromatic N) is 2. The molecule has 0 aromatic heterocycles. The summed E-state index contributed by atoms with van der Waals surface area (Å²) in [5, 5.41) is 1.31. The van der Waals surface area contributed by atoms with Gasteiger partial charge in [0.05, 0.1) is 13.2 Å². The highest BCUT2D eigenvalue weighted by molar-refractivity contribution is 7.13. The largest absolute Gasteiger partial charge is 0.275 e. The highest BCUT2D eigenvalue weighted by Crippen LogP contribution is 2.35. The van der Waals surface area contributed by atoms with E-state index >= 15 is 0 Å². The summed E-state index contributed by atoms with van der Waals surface area (Å²) in [6.07, 6.45) is 3.25. The van der Waals surface area contributed by atoms with E-state index in [4.69, 9.17) is 4.84 Å². The first-order chi connectivity index (χ1) is 8.29. The lowest BCUT2D eigenvalue weighted by molar-refractivity contribution is -0.175. The van der Waals surface area contributed by atoms with Gasteiger partial charge in [0.15, 0.2) is 0 Å². The highest BCUT2D eigenvalue weighted by Gasteiger charge is 2.37. The molecule has 0 aromatic carbocycles. The van der Waals surface area contributed by atoms with E-state index in [0.29, 0.717) is 0 Å². The Kier molecular flexibility index (Phi) is 8.00. The monoisotopic (exact) mass is 276 g/mol. The minimum Gasteiger partial charge on any atom is -0.275 e. The van der Waals surface area contributed by atoms with Gasteiger partial charge in [0.1, 0.15) is 0 Å². The van der Waals surface area contributed by atoms with Gasteiger partial charge in [-0.1, -0.05) is 43.5 Å². The number of hydroxylamine groups is 2. The van der Waals surface area contributed by atoms with Gasteiger partial charge in [0, 0.05) is 13.6 Å². The Morgan fingerprint density at radius 1 is 1.50 bits per heavy atom. The maximum atomic E-state index is 12.0. The van der Waals surface area contributed by atoms with Crippen molar-refractivity contribution in [2.75, 3.05) is 20.7 Å². The maximum Gasteiger partial charge on any atom is 0.263 e. The average molecular weight is 276 g/mol. The van der Waals surface area contributed by atoms with Crippen LogP contribution in [-0.2, 0) is 9.63 Å². The molecule has 0 aromatic rings. The van der Waals surface area contributed by atoms with Crippen LogP contribution < -0.4 is 0 Å². The second kappa shape index (κ2) is 8.08. The molecule has 0 aliphatic carbocycles. The van der Waals surface area contributed by atoms with Crippen LogP contribution in [0.3, 0.4) is 0 Å². The van der Waals surface area contributed by atoms with Crippen LogP contribution in [0.4, 0.5) is 0 Å². The fraction of sp³-hybridized carbons (Fsp3) is 0.923. The summed E-state index contributed by atoms with van der Waals surface area (Å²) in [6, 6.07) is -0.0799. The van der Waals surface area contributed by atoms with Crippen molar-refractivity contribution in [3.8, 4) is 0 Å². The molecule has 0 radical (unpaired) electrons. The molecule has 2 atom stereocenters. The smallest absolute Gasteiger partial charge is 0.263 e. The SMILES string of the molecule is CCC.CON(C)C(=O)C1CC(C)(C)CCN1P. The summed E-state index contributed by atoms with van der Waals surface area (Å²) < 4.78 is 2.03. The third-order valence-electron chi connectivity index (χ3n) is 3.06. The highest BCUT2D eigenvalue weighted by atomic mass is 31.0. The van der Waals surface area contributed by atoms with Crippen LogP contribution in [-0.4, -0.2) is 42.4 Å². The lowest BCUT2D eigenvalue weighted by atomic mass is 9.79. The first-order valence-corrected chi connectivity index (χ1v) is 7.13. The van der Waals surface area contributed by atoms with E-state index in [1.807, 2.05) is 4.67 Å². The van der Waals surface area contributed by atoms with Crippen molar-refractivity contribution < 1.29 is 9.63 Å². The van der Waals surface area contributed by atoms with Gasteiger partial charge >= 0.3 is 0 Å². The van der Waals surface area contributed by atoms with Crippen molar-refractivity contribution in [3.63, 3.8) is 0 Å². The molecule has 5 heteroatoms. The third kappa shape index (κ3) is 5.64. The third-order valence-corrected chi connectivity index (χ3v) is 3.68. The molecule has 1 aliphatic heterocycles. The van der Waals surface area contributed by atoms with Crippen LogP contribution in [0.1, 0.15) is 47.0 Å². The molecule has 2 unspecified atom stereocenters. The fourth-order valence-electron chi connectivity index (χ4n) is 1.86. The van der Waals surface area contributed by atoms with Crippen LogP contribution in [0.5, 0.6) is 0 Å². The second-order valence-corrected chi connectivity index (χ2v) is 6.26. The van der Waals surface area contributed by atoms with Gasteiger partial charge in [0.2, 0.25) is 0 Å². The van der Waals surface area contributed by atoms with Crippen molar-refractivity contribution in [2.45, 2.75) is 53.0 Å². The zero-order chi connectivity index (χ0) is 14.3. The van der Waals surface area contributed by atoms with Gasteiger partial charge < -0.3 is 0 Å². The Morgan fingerprint density at radius 2 is 2.00 bits per heavy atom. The number of carbonyl (C=O) groups is 1. The standard InChI is InChI=1S/C10H21N2O2P.C3H8/c1-10(2)5-6-12(15)8(7-10)9(13)11(3)14-4;1-3-2/h8H,5-7,15H2,1-4H3;3H2,1-2H3. The number of likely N-dealkylation sites (N-methyl/N-ethyl adjacent to an activating group) is 1. The van der Waals surface area contributed by atoms with Crippen LogP contribution >= 0.6 is 9.39 Å². The minimum absolute atomic E-state index is 0.0280. The molecule has 1 amide bonds. The van der Waals surface area contributed by atoms with Gasteiger partial charge in [-0.05, 0) is 18.3 Å². The Morgan fingerprint density at radius 3 is 2.44 bits per heavy atom. The van der Waals surface area contributed by atoms with Gasteiger partial charge in [-0.3, -0.25) is 14.3 Å². The van der Waals surface area contributed by atoms with Gasteiger partial charge in [0.25, 0.3) is 5.91 Å². The topological polar surface area (TPSA) is 32.8 Å². The first kappa shape index (κ1) is 17.8. The van der Waals surface area contributed by atoms with Gasteiger partial charge in [-0.15, -0.1) is 0 Å². The molecule has 1 saturated heterocycles. The predicted molar refractivity (Wildman–Crippen MR) is 79.0 cm³/mol. The summed E-state index contributed by atoms with van der Waals surface area (Å²) in [6.45, 7) is 9.60. The van der Waals surface area contributed by atoms with Crippen LogP contribution in [0, 0.1) is 5.41 Å². The zero-order valence-electron chi connectivity index (χ0n) is 12.7. The normalized spacial score (nSPS) is 22.9. The molecule has 0 spiro atoms. The van der Waals surface area contributed by atoms with E-state index in [0.717, 1.165) is 19.4 Å². The molecule has 108 valence electrons. The van der Waals surface area contributed by atoms with Crippen molar-refractivity contribution in [1.82, 2.24) is 9.73 Å². The quantitative estimate of drug-likeness (QED) is 0.574. The van der Waals surface area contributed by atoms with Gasteiger partial charge in [-0.2, -0.15) is 0 Å². The number of carbonyl (C=O) groups excluding carboxylic acids is 1. The Labute approximate surface area is 114 Å². The molecule has 1 heterocycles. The van der Waals surface area contributed by atoms with Crippen molar-refractivity contribution in [1.29, 1.82) is 0 Å². The zero-order valence-corrected chi connectivity index (χ0v) is 13.8. The summed E-state index contributed by atoms with van der Waals surface area (Å²) in [5.74, 6) is 0.0280. The molecule has 1 rings (SSSR count). The number of hydrogen-bond acceptors (Lipinski definition) is 3. The molecule has 0 saturated carbocycles. The van der Waals surface area contributed by atoms with E-state index in [9.17, 15) is 4.79 Å². The molecule has 1 aliphatic rings. The van der Waals surface area contributed by atoms with E-state index < -0.39 is 0 Å². The summed E-state index contributed by atoms with van der Waals surface area (Å²) in [4.78, 5) is 16.9. The van der Waals surface area contributed by atoms with Crippen molar-refractivity contribution in [3.05, 3.63) is 0 Å². The van der Waals surface area contributed by atoms with Gasteiger partial charge in [-0.25, -0.2) is 5.06 Å². The molecule has 0 N–H and O–H groups in total. The lowest BCUT2D eigenvalue weighted by Crippen LogP contribution is -2.49. The summed E-state index contributed by atoms with van der Waals surface area (Å²) in [5.41, 5.74) is 0.238. The van der Waals surface area contributed by atoms with E-state index in [2.05, 4.69) is 37.1 Å². The second-order valence-electron chi connectivity index (χ2n) is 5.60. The van der Waals surface area contributed by atoms with Crippen molar-refractivity contribution >= 4 is 15.3 Å². The average Bonchev–Trinajstić information content (AvgIpc) is 2.31. The molecule has 18 heavy (non-hydrogen) atoms. The summed E-state index contributed by atoms with van der Waals surface area (Å²) >= 11 is 0. The summed E-state index contributed by atoms with van der Waals surface area (Å²) in [7, 11) is 5.81. The fourth-order valence-corrected chi connectivity index (χ4v) is 2.22. The number of hydrogen-bond donors (Lipinski definition) is 0. The van der Waals surface area contributed by atoms with E-state index in [1.165, 1.54) is 18.6 Å². The van der Waals surface area contributed by atoms with Crippen molar-refractivity contribution in [2.24, 2.45) is 5.41 Å². The molecular weight excluding hydrogens is 247 g/mol. The first-order valence-electron chi connectivity index (χ1n) is 6.62. The Hall–Kier alpha value is -0.180. The molecular formula is C13H29N2O2P. The Balaban J connectivity index is 0.000000873. The minimum atomic E-state index is -0.0799. The number of amides is 1. The Bertz CT molecular complexity index is 259. The molecule has 4 nitrogen and oxygen atoms in total.